The first-order valence-corrected chi connectivity index (χ1v) is 7.05. The van der Waals surface area contributed by atoms with Crippen LogP contribution in [-0.2, 0) is 5.54 Å². The number of halogens is 3. The SMILES string of the molecule is Cl.Cl.NC1CCC(N)(c2ccnc3cc(Cl)ccc23)CC1. The molecule has 0 aliphatic heterocycles. The molecule has 0 bridgehead atoms. The van der Waals surface area contributed by atoms with Crippen LogP contribution in [-0.4, -0.2) is 11.0 Å². The van der Waals surface area contributed by atoms with Crippen LogP contribution in [0.2, 0.25) is 5.02 Å². The molecule has 6 heteroatoms. The standard InChI is InChI=1S/C15H18ClN3.2ClH/c16-10-1-2-12-13(5-8-19-14(12)9-10)15(18)6-3-11(17)4-7-15;;/h1-2,5,8-9,11H,3-4,6-7,17-18H2;2*1H. The van der Waals surface area contributed by atoms with Crippen LogP contribution in [0.5, 0.6) is 0 Å². The fraction of sp³-hybridized carbons (Fsp3) is 0.400. The zero-order valence-corrected chi connectivity index (χ0v) is 14.0. The lowest BCUT2D eigenvalue weighted by molar-refractivity contribution is 0.279. The molecule has 3 rings (SSSR count). The van der Waals surface area contributed by atoms with Crippen LogP contribution in [0.15, 0.2) is 30.5 Å². The van der Waals surface area contributed by atoms with Crippen molar-refractivity contribution in [2.24, 2.45) is 11.5 Å². The summed E-state index contributed by atoms with van der Waals surface area (Å²) < 4.78 is 0. The molecule has 0 radical (unpaired) electrons. The van der Waals surface area contributed by atoms with Gasteiger partial charge in [0.25, 0.3) is 0 Å². The Kier molecular flexibility index (Phi) is 6.26. The quantitative estimate of drug-likeness (QED) is 0.824. The maximum absolute atomic E-state index is 6.63. The van der Waals surface area contributed by atoms with E-state index in [0.717, 1.165) is 36.6 Å². The molecular weight excluding hydrogens is 329 g/mol. The molecule has 116 valence electrons. The van der Waals surface area contributed by atoms with E-state index in [0.29, 0.717) is 11.1 Å². The van der Waals surface area contributed by atoms with Gasteiger partial charge in [-0.25, -0.2) is 0 Å². The highest BCUT2D eigenvalue weighted by atomic mass is 35.5. The second-order valence-electron chi connectivity index (χ2n) is 5.51. The number of fused-ring (bicyclic) bond motifs is 1. The summed E-state index contributed by atoms with van der Waals surface area (Å²) >= 11 is 6.02. The van der Waals surface area contributed by atoms with Crippen LogP contribution in [0.3, 0.4) is 0 Å². The van der Waals surface area contributed by atoms with E-state index in [-0.39, 0.29) is 30.4 Å². The van der Waals surface area contributed by atoms with Crippen LogP contribution in [0, 0.1) is 0 Å². The van der Waals surface area contributed by atoms with Gasteiger partial charge in [-0.1, -0.05) is 17.7 Å². The zero-order valence-electron chi connectivity index (χ0n) is 11.6. The Balaban J connectivity index is 0.00000110. The second-order valence-corrected chi connectivity index (χ2v) is 5.95. The number of benzene rings is 1. The Bertz CT molecular complexity index is 610. The fourth-order valence-corrected chi connectivity index (χ4v) is 3.15. The summed E-state index contributed by atoms with van der Waals surface area (Å²) in [6, 6.07) is 8.13. The molecule has 0 atom stereocenters. The summed E-state index contributed by atoms with van der Waals surface area (Å²) in [6.45, 7) is 0. The average Bonchev–Trinajstić information content (AvgIpc) is 2.41. The highest BCUT2D eigenvalue weighted by molar-refractivity contribution is 6.31. The van der Waals surface area contributed by atoms with Crippen molar-refractivity contribution < 1.29 is 0 Å². The first kappa shape index (κ1) is 18.5. The van der Waals surface area contributed by atoms with Crippen LogP contribution >= 0.6 is 36.4 Å². The topological polar surface area (TPSA) is 64.9 Å². The van der Waals surface area contributed by atoms with Gasteiger partial charge in [0.15, 0.2) is 0 Å². The molecule has 1 fully saturated rings. The maximum Gasteiger partial charge on any atom is 0.0720 e. The number of pyridine rings is 1. The number of rotatable bonds is 1. The molecule has 3 nitrogen and oxygen atoms in total. The number of aromatic nitrogens is 1. The Hall–Kier alpha value is -0.580. The minimum Gasteiger partial charge on any atom is -0.328 e. The van der Waals surface area contributed by atoms with E-state index < -0.39 is 0 Å². The Morgan fingerprint density at radius 2 is 1.81 bits per heavy atom. The van der Waals surface area contributed by atoms with Crippen LogP contribution in [0.4, 0.5) is 0 Å². The molecule has 1 saturated carbocycles. The van der Waals surface area contributed by atoms with Crippen molar-refractivity contribution in [3.8, 4) is 0 Å². The van der Waals surface area contributed by atoms with Crippen LogP contribution < -0.4 is 11.5 Å². The molecule has 0 saturated heterocycles. The Labute approximate surface area is 142 Å². The highest BCUT2D eigenvalue weighted by Crippen LogP contribution is 2.37. The van der Waals surface area contributed by atoms with Gasteiger partial charge in [-0.3, -0.25) is 4.98 Å². The van der Waals surface area contributed by atoms with Gasteiger partial charge >= 0.3 is 0 Å². The smallest absolute Gasteiger partial charge is 0.0720 e. The molecule has 2 aromatic rings. The number of hydrogen-bond acceptors (Lipinski definition) is 3. The summed E-state index contributed by atoms with van der Waals surface area (Å²) in [5, 5.41) is 1.80. The molecule has 1 aliphatic rings. The largest absolute Gasteiger partial charge is 0.328 e. The molecule has 0 spiro atoms. The zero-order chi connectivity index (χ0) is 13.5. The summed E-state index contributed by atoms with van der Waals surface area (Å²) in [4.78, 5) is 4.38. The van der Waals surface area contributed by atoms with Crippen molar-refractivity contribution in [1.82, 2.24) is 4.98 Å². The minimum atomic E-state index is -0.287. The summed E-state index contributed by atoms with van der Waals surface area (Å²) in [5.41, 5.74) is 14.4. The van der Waals surface area contributed by atoms with E-state index in [9.17, 15) is 0 Å². The van der Waals surface area contributed by atoms with Crippen LogP contribution in [0.1, 0.15) is 31.2 Å². The lowest BCUT2D eigenvalue weighted by Gasteiger charge is -2.37. The van der Waals surface area contributed by atoms with Crippen molar-refractivity contribution in [1.29, 1.82) is 0 Å². The van der Waals surface area contributed by atoms with Gasteiger partial charge in [0, 0.05) is 28.2 Å². The van der Waals surface area contributed by atoms with Crippen molar-refractivity contribution in [2.45, 2.75) is 37.3 Å². The van der Waals surface area contributed by atoms with Crippen LogP contribution in [0.25, 0.3) is 10.9 Å². The van der Waals surface area contributed by atoms with Crippen molar-refractivity contribution in [2.75, 3.05) is 0 Å². The average molecular weight is 349 g/mol. The summed E-state index contributed by atoms with van der Waals surface area (Å²) in [5.74, 6) is 0. The number of nitrogens with zero attached hydrogens (tertiary/aromatic N) is 1. The third-order valence-electron chi connectivity index (χ3n) is 4.16. The first-order chi connectivity index (χ1) is 9.08. The molecule has 4 N–H and O–H groups in total. The van der Waals surface area contributed by atoms with E-state index in [1.54, 1.807) is 0 Å². The third kappa shape index (κ3) is 3.61. The van der Waals surface area contributed by atoms with Gasteiger partial charge in [0.1, 0.15) is 0 Å². The van der Waals surface area contributed by atoms with Crippen molar-refractivity contribution in [3.63, 3.8) is 0 Å². The number of nitrogens with two attached hydrogens (primary N) is 2. The molecule has 0 unspecified atom stereocenters. The predicted molar refractivity (Wildman–Crippen MR) is 93.6 cm³/mol. The molecule has 0 amide bonds. The summed E-state index contributed by atoms with van der Waals surface area (Å²) in [7, 11) is 0. The van der Waals surface area contributed by atoms with E-state index in [2.05, 4.69) is 4.98 Å². The van der Waals surface area contributed by atoms with E-state index >= 15 is 0 Å². The van der Waals surface area contributed by atoms with E-state index in [1.807, 2.05) is 30.5 Å². The molecule has 21 heavy (non-hydrogen) atoms. The van der Waals surface area contributed by atoms with Gasteiger partial charge in [0.2, 0.25) is 0 Å². The minimum absolute atomic E-state index is 0. The highest BCUT2D eigenvalue weighted by Gasteiger charge is 2.33. The molecule has 1 aromatic carbocycles. The van der Waals surface area contributed by atoms with Crippen molar-refractivity contribution >= 4 is 47.3 Å². The molecule has 1 aromatic heterocycles. The summed E-state index contributed by atoms with van der Waals surface area (Å²) in [6.07, 6.45) is 5.63. The fourth-order valence-electron chi connectivity index (χ4n) is 2.98. The van der Waals surface area contributed by atoms with Gasteiger partial charge in [-0.2, -0.15) is 0 Å². The predicted octanol–water partition coefficient (Wildman–Crippen LogP) is 3.79. The normalized spacial score (nSPS) is 25.0. The Morgan fingerprint density at radius 1 is 1.14 bits per heavy atom. The van der Waals surface area contributed by atoms with Crippen molar-refractivity contribution in [3.05, 3.63) is 41.0 Å². The molecular formula is C15H20Cl3N3. The van der Waals surface area contributed by atoms with Gasteiger partial charge in [-0.15, -0.1) is 24.8 Å². The monoisotopic (exact) mass is 347 g/mol. The van der Waals surface area contributed by atoms with E-state index in [1.165, 1.54) is 5.56 Å². The number of hydrogen-bond donors (Lipinski definition) is 2. The maximum atomic E-state index is 6.63. The van der Waals surface area contributed by atoms with Gasteiger partial charge < -0.3 is 11.5 Å². The molecule has 1 aliphatic carbocycles. The lowest BCUT2D eigenvalue weighted by Crippen LogP contribution is -2.43. The van der Waals surface area contributed by atoms with Gasteiger partial charge in [-0.05, 0) is 49.4 Å². The van der Waals surface area contributed by atoms with Gasteiger partial charge in [0.05, 0.1) is 5.52 Å². The third-order valence-corrected chi connectivity index (χ3v) is 4.40. The Morgan fingerprint density at radius 3 is 2.48 bits per heavy atom. The molecule has 1 heterocycles. The second kappa shape index (κ2) is 7.12. The lowest BCUT2D eigenvalue weighted by atomic mass is 9.75. The van der Waals surface area contributed by atoms with E-state index in [4.69, 9.17) is 23.1 Å². The first-order valence-electron chi connectivity index (χ1n) is 6.68.